The van der Waals surface area contributed by atoms with Gasteiger partial charge in [0.15, 0.2) is 0 Å². The summed E-state index contributed by atoms with van der Waals surface area (Å²) in [5.74, 6) is -0.191. The predicted octanol–water partition coefficient (Wildman–Crippen LogP) is 3.49. The zero-order valence-corrected chi connectivity index (χ0v) is 11.7. The summed E-state index contributed by atoms with van der Waals surface area (Å²) in [6, 6.07) is 1.53. The molecule has 0 fully saturated rings. The number of methoxy groups -OCH3 is 1. The largest absolute Gasteiger partial charge is 0.574 e. The molecule has 0 unspecified atom stereocenters. The SMILES string of the molecule is COc1cc(I)nc(OC(F)(F)F)c1CBr. The van der Waals surface area contributed by atoms with Gasteiger partial charge in [-0.15, -0.1) is 13.2 Å². The summed E-state index contributed by atoms with van der Waals surface area (Å²) in [6.07, 6.45) is -4.76. The lowest BCUT2D eigenvalue weighted by molar-refractivity contribution is -0.276. The summed E-state index contributed by atoms with van der Waals surface area (Å²) in [5, 5.41) is 0.158. The van der Waals surface area contributed by atoms with Crippen molar-refractivity contribution in [2.75, 3.05) is 7.11 Å². The van der Waals surface area contributed by atoms with Crippen LogP contribution in [0, 0.1) is 3.70 Å². The van der Waals surface area contributed by atoms with Crippen LogP contribution in [0.1, 0.15) is 5.56 Å². The van der Waals surface area contributed by atoms with Gasteiger partial charge in [0.05, 0.1) is 12.7 Å². The number of halogens is 5. The lowest BCUT2D eigenvalue weighted by Gasteiger charge is -2.14. The Labute approximate surface area is 112 Å². The molecular formula is C8H6BrF3INO2. The standard InChI is InChI=1S/C8H6BrF3INO2/c1-15-5-2-6(13)14-7(4(5)3-9)16-8(10,11)12/h2H,3H2,1H3. The van der Waals surface area contributed by atoms with Crippen molar-refractivity contribution in [3.63, 3.8) is 0 Å². The van der Waals surface area contributed by atoms with E-state index in [0.717, 1.165) is 0 Å². The van der Waals surface area contributed by atoms with Crippen LogP contribution in [-0.4, -0.2) is 18.5 Å². The van der Waals surface area contributed by atoms with Crippen molar-refractivity contribution in [3.8, 4) is 11.6 Å². The normalized spacial score (nSPS) is 11.4. The highest BCUT2D eigenvalue weighted by molar-refractivity contribution is 14.1. The molecule has 0 bridgehead atoms. The molecule has 0 aromatic carbocycles. The maximum atomic E-state index is 12.1. The molecule has 0 aliphatic heterocycles. The lowest BCUT2D eigenvalue weighted by atomic mass is 10.3. The molecule has 1 aromatic rings. The summed E-state index contributed by atoms with van der Waals surface area (Å²) >= 11 is 4.85. The first-order valence-corrected chi connectivity index (χ1v) is 6.12. The first kappa shape index (κ1) is 13.8. The number of hydrogen-bond donors (Lipinski definition) is 0. The fraction of sp³-hybridized carbons (Fsp3) is 0.375. The van der Waals surface area contributed by atoms with Gasteiger partial charge < -0.3 is 9.47 Å². The van der Waals surface area contributed by atoms with Gasteiger partial charge in [-0.25, -0.2) is 4.98 Å². The van der Waals surface area contributed by atoms with Gasteiger partial charge in [-0.2, -0.15) is 0 Å². The van der Waals surface area contributed by atoms with Crippen LogP contribution in [-0.2, 0) is 5.33 Å². The van der Waals surface area contributed by atoms with E-state index in [-0.39, 0.29) is 10.9 Å². The van der Waals surface area contributed by atoms with Crippen LogP contribution in [0.2, 0.25) is 0 Å². The molecule has 0 aliphatic carbocycles. The molecule has 0 radical (unpaired) electrons. The summed E-state index contributed by atoms with van der Waals surface area (Å²) in [7, 11) is 1.37. The third kappa shape index (κ3) is 3.65. The Balaban J connectivity index is 3.20. The van der Waals surface area contributed by atoms with Crippen LogP contribution < -0.4 is 9.47 Å². The number of alkyl halides is 4. The number of rotatable bonds is 3. The topological polar surface area (TPSA) is 31.4 Å². The van der Waals surface area contributed by atoms with Crippen LogP contribution in [0.25, 0.3) is 0 Å². The van der Waals surface area contributed by atoms with E-state index in [9.17, 15) is 13.2 Å². The second kappa shape index (κ2) is 5.39. The van der Waals surface area contributed by atoms with Crippen molar-refractivity contribution in [2.24, 2.45) is 0 Å². The maximum Gasteiger partial charge on any atom is 0.574 e. The predicted molar refractivity (Wildman–Crippen MR) is 62.8 cm³/mol. The molecule has 1 heterocycles. The molecule has 1 aromatic heterocycles. The highest BCUT2D eigenvalue weighted by Crippen LogP contribution is 2.33. The van der Waals surface area contributed by atoms with E-state index in [2.05, 4.69) is 25.7 Å². The van der Waals surface area contributed by atoms with Crippen molar-refractivity contribution >= 4 is 38.5 Å². The maximum absolute atomic E-state index is 12.1. The number of pyridine rings is 1. The second-order valence-electron chi connectivity index (χ2n) is 2.61. The van der Waals surface area contributed by atoms with E-state index in [4.69, 9.17) is 4.74 Å². The van der Waals surface area contributed by atoms with Gasteiger partial charge in [0.2, 0.25) is 5.88 Å². The monoisotopic (exact) mass is 411 g/mol. The Hall–Kier alpha value is -0.250. The summed E-state index contributed by atoms with van der Waals surface area (Å²) < 4.78 is 45.4. The number of ether oxygens (including phenoxy) is 2. The zero-order chi connectivity index (χ0) is 12.3. The van der Waals surface area contributed by atoms with Crippen LogP contribution in [0.5, 0.6) is 11.6 Å². The molecular weight excluding hydrogens is 406 g/mol. The fourth-order valence-corrected chi connectivity index (χ4v) is 2.01. The van der Waals surface area contributed by atoms with Gasteiger partial charge in [0.1, 0.15) is 9.45 Å². The molecule has 3 nitrogen and oxygen atoms in total. The summed E-state index contributed by atoms with van der Waals surface area (Å²) in [5.41, 5.74) is 0.222. The highest BCUT2D eigenvalue weighted by atomic mass is 127. The quantitative estimate of drug-likeness (QED) is 0.433. The average molecular weight is 412 g/mol. The molecule has 0 spiro atoms. The third-order valence-corrected chi connectivity index (χ3v) is 2.69. The first-order chi connectivity index (χ1) is 7.37. The Morgan fingerprint density at radius 2 is 2.12 bits per heavy atom. The lowest BCUT2D eigenvalue weighted by Crippen LogP contribution is -2.19. The Bertz CT molecular complexity index is 386. The molecule has 16 heavy (non-hydrogen) atoms. The van der Waals surface area contributed by atoms with E-state index >= 15 is 0 Å². The summed E-state index contributed by atoms with van der Waals surface area (Å²) in [6.45, 7) is 0. The van der Waals surface area contributed by atoms with Crippen molar-refractivity contribution in [1.29, 1.82) is 0 Å². The van der Waals surface area contributed by atoms with Gasteiger partial charge in [-0.05, 0) is 22.6 Å². The van der Waals surface area contributed by atoms with Gasteiger partial charge >= 0.3 is 6.36 Å². The van der Waals surface area contributed by atoms with Crippen molar-refractivity contribution in [2.45, 2.75) is 11.7 Å². The molecule has 0 saturated heterocycles. The Morgan fingerprint density at radius 1 is 1.50 bits per heavy atom. The van der Waals surface area contributed by atoms with Crippen molar-refractivity contribution in [1.82, 2.24) is 4.98 Å². The molecule has 0 saturated carbocycles. The van der Waals surface area contributed by atoms with E-state index in [1.807, 2.05) is 0 Å². The molecule has 1 rings (SSSR count). The third-order valence-electron chi connectivity index (χ3n) is 1.58. The molecule has 0 N–H and O–H groups in total. The molecule has 0 amide bonds. The highest BCUT2D eigenvalue weighted by Gasteiger charge is 2.33. The van der Waals surface area contributed by atoms with Gasteiger partial charge in [-0.3, -0.25) is 0 Å². The molecule has 0 aliphatic rings. The minimum atomic E-state index is -4.76. The van der Waals surface area contributed by atoms with E-state index < -0.39 is 12.2 Å². The molecule has 8 heteroatoms. The minimum absolute atomic E-state index is 0.158. The van der Waals surface area contributed by atoms with Gasteiger partial charge in [-0.1, -0.05) is 15.9 Å². The number of aromatic nitrogens is 1. The van der Waals surface area contributed by atoms with E-state index in [1.165, 1.54) is 13.2 Å². The smallest absolute Gasteiger partial charge is 0.496 e. The average Bonchev–Trinajstić information content (AvgIpc) is 2.14. The van der Waals surface area contributed by atoms with E-state index in [0.29, 0.717) is 9.45 Å². The van der Waals surface area contributed by atoms with Crippen molar-refractivity contribution < 1.29 is 22.6 Å². The van der Waals surface area contributed by atoms with Gasteiger partial charge in [0, 0.05) is 11.4 Å². The minimum Gasteiger partial charge on any atom is -0.496 e. The van der Waals surface area contributed by atoms with E-state index in [1.54, 1.807) is 22.6 Å². The Morgan fingerprint density at radius 3 is 2.56 bits per heavy atom. The fourth-order valence-electron chi connectivity index (χ4n) is 0.997. The van der Waals surface area contributed by atoms with Crippen LogP contribution >= 0.6 is 38.5 Å². The first-order valence-electron chi connectivity index (χ1n) is 3.92. The second-order valence-corrected chi connectivity index (χ2v) is 4.28. The molecule has 90 valence electrons. The van der Waals surface area contributed by atoms with Crippen molar-refractivity contribution in [3.05, 3.63) is 15.3 Å². The van der Waals surface area contributed by atoms with Crippen LogP contribution in [0.15, 0.2) is 6.07 Å². The number of hydrogen-bond acceptors (Lipinski definition) is 3. The molecule has 0 atom stereocenters. The zero-order valence-electron chi connectivity index (χ0n) is 7.94. The summed E-state index contributed by atoms with van der Waals surface area (Å²) in [4.78, 5) is 3.67. The van der Waals surface area contributed by atoms with Gasteiger partial charge in [0.25, 0.3) is 0 Å². The van der Waals surface area contributed by atoms with Crippen LogP contribution in [0.4, 0.5) is 13.2 Å². The number of nitrogens with zero attached hydrogens (tertiary/aromatic N) is 1. The Kier molecular flexibility index (Phi) is 4.65. The van der Waals surface area contributed by atoms with Crippen LogP contribution in [0.3, 0.4) is 0 Å².